The predicted molar refractivity (Wildman–Crippen MR) is 129 cm³/mol. The van der Waals surface area contributed by atoms with E-state index >= 15 is 0 Å². The van der Waals surface area contributed by atoms with Crippen LogP contribution in [-0.4, -0.2) is 28.4 Å². The quantitative estimate of drug-likeness (QED) is 0.375. The second kappa shape index (κ2) is 8.86. The Kier molecular flexibility index (Phi) is 5.74. The van der Waals surface area contributed by atoms with E-state index in [9.17, 15) is 4.39 Å². The van der Waals surface area contributed by atoms with E-state index in [1.807, 2.05) is 18.2 Å². The number of nitrogens with zero attached hydrogens (tertiary/aromatic N) is 1. The Morgan fingerprint density at radius 3 is 2.29 bits per heavy atom. The number of halogens is 1. The van der Waals surface area contributed by atoms with Crippen LogP contribution in [0.3, 0.4) is 0 Å². The Morgan fingerprint density at radius 2 is 1.59 bits per heavy atom. The Hall–Kier alpha value is -3.80. The number of ether oxygens (including phenoxy) is 4. The molecule has 5 nitrogen and oxygen atoms in total. The summed E-state index contributed by atoms with van der Waals surface area (Å²) < 4.78 is 38.8. The van der Waals surface area contributed by atoms with Gasteiger partial charge in [-0.2, -0.15) is 4.57 Å². The lowest BCUT2D eigenvalue weighted by Crippen LogP contribution is -2.41. The van der Waals surface area contributed by atoms with Crippen molar-refractivity contribution >= 4 is 10.8 Å². The Morgan fingerprint density at radius 1 is 0.824 bits per heavy atom. The number of aromatic nitrogens is 1. The van der Waals surface area contributed by atoms with E-state index in [2.05, 4.69) is 22.9 Å². The van der Waals surface area contributed by atoms with E-state index < -0.39 is 0 Å². The van der Waals surface area contributed by atoms with Crippen LogP contribution < -0.4 is 23.5 Å². The van der Waals surface area contributed by atoms with Crippen molar-refractivity contribution in [2.45, 2.75) is 19.4 Å². The van der Waals surface area contributed by atoms with E-state index in [-0.39, 0.29) is 5.82 Å². The monoisotopic (exact) mass is 460 g/mol. The van der Waals surface area contributed by atoms with Gasteiger partial charge < -0.3 is 18.9 Å². The normalized spacial score (nSPS) is 12.1. The zero-order valence-corrected chi connectivity index (χ0v) is 19.8. The van der Waals surface area contributed by atoms with Crippen LogP contribution in [-0.2, 0) is 19.4 Å². The van der Waals surface area contributed by atoms with Gasteiger partial charge in [-0.3, -0.25) is 0 Å². The van der Waals surface area contributed by atoms with Crippen LogP contribution in [0.2, 0.25) is 0 Å². The van der Waals surface area contributed by atoms with Gasteiger partial charge in [0.1, 0.15) is 5.82 Å². The summed E-state index contributed by atoms with van der Waals surface area (Å²) in [6, 6.07) is 14.8. The molecule has 4 aromatic rings. The predicted octanol–water partition coefficient (Wildman–Crippen LogP) is 5.11. The molecule has 2 heterocycles. The number of fused-ring (bicyclic) bond motifs is 4. The lowest BCUT2D eigenvalue weighted by Gasteiger charge is -2.22. The average molecular weight is 461 g/mol. The summed E-state index contributed by atoms with van der Waals surface area (Å²) in [6.07, 6.45) is 3.54. The molecule has 0 unspecified atom stereocenters. The van der Waals surface area contributed by atoms with Gasteiger partial charge >= 0.3 is 0 Å². The number of rotatable bonds is 6. The number of pyridine rings is 1. The highest BCUT2D eigenvalue weighted by atomic mass is 19.1. The molecule has 0 aliphatic carbocycles. The highest BCUT2D eigenvalue weighted by molar-refractivity contribution is 5.95. The number of hydrogen-bond acceptors (Lipinski definition) is 4. The van der Waals surface area contributed by atoms with Crippen molar-refractivity contribution in [3.63, 3.8) is 0 Å². The molecule has 0 N–H and O–H groups in total. The van der Waals surface area contributed by atoms with Gasteiger partial charge in [-0.15, -0.1) is 0 Å². The minimum Gasteiger partial charge on any atom is -0.493 e. The highest BCUT2D eigenvalue weighted by Gasteiger charge is 2.31. The van der Waals surface area contributed by atoms with Gasteiger partial charge in [0, 0.05) is 23.8 Å². The summed E-state index contributed by atoms with van der Waals surface area (Å²) in [5, 5.41) is 2.00. The third-order valence-corrected chi connectivity index (χ3v) is 6.52. The topological polar surface area (TPSA) is 40.8 Å². The molecule has 3 aromatic carbocycles. The molecule has 6 heteroatoms. The fourth-order valence-corrected chi connectivity index (χ4v) is 4.98. The number of benzene rings is 3. The summed E-state index contributed by atoms with van der Waals surface area (Å²) in [7, 11) is 6.59. The number of aryl methyl sites for hydroxylation is 2. The molecule has 0 fully saturated rings. The van der Waals surface area contributed by atoms with Gasteiger partial charge in [0.2, 0.25) is 5.69 Å². The second-order valence-electron chi connectivity index (χ2n) is 8.33. The maximum Gasteiger partial charge on any atom is 0.217 e. The fourth-order valence-electron chi connectivity index (χ4n) is 4.98. The molecule has 34 heavy (non-hydrogen) atoms. The smallest absolute Gasteiger partial charge is 0.217 e. The first-order valence-corrected chi connectivity index (χ1v) is 11.2. The molecule has 0 amide bonds. The first-order chi connectivity index (χ1) is 16.6. The summed E-state index contributed by atoms with van der Waals surface area (Å²) in [5.74, 6) is 2.52. The number of hydrogen-bond donors (Lipinski definition) is 0. The van der Waals surface area contributed by atoms with Crippen molar-refractivity contribution in [1.29, 1.82) is 0 Å². The fraction of sp³-hybridized carbons (Fsp3) is 0.250. The lowest BCUT2D eigenvalue weighted by atomic mass is 9.88. The standard InChI is InChI=1S/C28H27FNO4/c1-31-24-9-8-20-22(13-17-6-5-7-19(29)12-17)27-21-15-26(33-3)25(32-2)14-18(21)10-11-30(27)16-23(20)28(24)34-4/h5-9,12,14-16H,10-11,13H2,1-4H3/q+1. The van der Waals surface area contributed by atoms with Gasteiger partial charge in [0.25, 0.3) is 0 Å². The molecule has 1 aromatic heterocycles. The van der Waals surface area contributed by atoms with Crippen LogP contribution in [0.25, 0.3) is 22.0 Å². The first kappa shape index (κ1) is 22.0. The zero-order valence-electron chi connectivity index (χ0n) is 19.8. The van der Waals surface area contributed by atoms with Crippen molar-refractivity contribution in [3.8, 4) is 34.3 Å². The molecular weight excluding hydrogens is 433 g/mol. The molecule has 1 aliphatic heterocycles. The Labute approximate surface area is 198 Å². The molecule has 0 atom stereocenters. The average Bonchev–Trinajstić information content (AvgIpc) is 2.86. The largest absolute Gasteiger partial charge is 0.493 e. The molecule has 0 saturated heterocycles. The van der Waals surface area contributed by atoms with Crippen LogP contribution in [0, 0.1) is 5.82 Å². The summed E-state index contributed by atoms with van der Waals surface area (Å²) in [5.41, 5.74) is 5.37. The van der Waals surface area contributed by atoms with Gasteiger partial charge in [-0.25, -0.2) is 4.39 Å². The lowest BCUT2D eigenvalue weighted by molar-refractivity contribution is -0.686. The summed E-state index contributed by atoms with van der Waals surface area (Å²) >= 11 is 0. The summed E-state index contributed by atoms with van der Waals surface area (Å²) in [6.45, 7) is 0.796. The van der Waals surface area contributed by atoms with Gasteiger partial charge in [0.05, 0.1) is 39.4 Å². The van der Waals surface area contributed by atoms with E-state index in [1.165, 1.54) is 11.6 Å². The number of methoxy groups -OCH3 is 4. The molecule has 0 spiro atoms. The molecule has 1 aliphatic rings. The molecule has 5 rings (SSSR count). The van der Waals surface area contributed by atoms with Crippen LogP contribution in [0.5, 0.6) is 23.0 Å². The van der Waals surface area contributed by atoms with Crippen molar-refractivity contribution in [1.82, 2.24) is 0 Å². The Balaban J connectivity index is 1.84. The SMILES string of the molecule is COc1cc2c(cc1OC)-c1c(Cc3cccc(F)c3)c3ccc(OC)c(OC)c3c[n+]1CC2. The molecule has 174 valence electrons. The minimum absolute atomic E-state index is 0.245. The van der Waals surface area contributed by atoms with Crippen molar-refractivity contribution in [2.24, 2.45) is 0 Å². The zero-order chi connectivity index (χ0) is 23.8. The van der Waals surface area contributed by atoms with Gasteiger partial charge in [0.15, 0.2) is 35.7 Å². The van der Waals surface area contributed by atoms with E-state index in [0.29, 0.717) is 29.4 Å². The van der Waals surface area contributed by atoms with Gasteiger partial charge in [-0.1, -0.05) is 12.1 Å². The van der Waals surface area contributed by atoms with Crippen molar-refractivity contribution in [3.05, 3.63) is 77.2 Å². The van der Waals surface area contributed by atoms with Crippen LogP contribution >= 0.6 is 0 Å². The third kappa shape index (κ3) is 3.59. The molecule has 0 bridgehead atoms. The van der Waals surface area contributed by atoms with E-state index in [1.54, 1.807) is 40.6 Å². The van der Waals surface area contributed by atoms with Crippen molar-refractivity contribution in [2.75, 3.05) is 28.4 Å². The van der Waals surface area contributed by atoms with E-state index in [0.717, 1.165) is 46.1 Å². The third-order valence-electron chi connectivity index (χ3n) is 6.52. The molecular formula is C28H27FNO4+. The summed E-state index contributed by atoms with van der Waals surface area (Å²) in [4.78, 5) is 0. The van der Waals surface area contributed by atoms with Crippen LogP contribution in [0.4, 0.5) is 4.39 Å². The highest BCUT2D eigenvalue weighted by Crippen LogP contribution is 2.43. The van der Waals surface area contributed by atoms with Crippen LogP contribution in [0.1, 0.15) is 16.7 Å². The molecule has 0 radical (unpaired) electrons. The second-order valence-corrected chi connectivity index (χ2v) is 8.33. The maximum atomic E-state index is 14.1. The minimum atomic E-state index is -0.245. The first-order valence-electron chi connectivity index (χ1n) is 11.2. The van der Waals surface area contributed by atoms with Crippen LogP contribution in [0.15, 0.2) is 54.7 Å². The maximum absolute atomic E-state index is 14.1. The van der Waals surface area contributed by atoms with E-state index in [4.69, 9.17) is 18.9 Å². The Bertz CT molecular complexity index is 1400. The van der Waals surface area contributed by atoms with Crippen molar-refractivity contribution < 1.29 is 27.9 Å². The van der Waals surface area contributed by atoms with Gasteiger partial charge in [-0.05, 0) is 47.5 Å². The molecule has 0 saturated carbocycles.